The van der Waals surface area contributed by atoms with Crippen LogP contribution in [0.1, 0.15) is 45.4 Å². The molecule has 1 atom stereocenters. The Hall–Kier alpha value is 0.282. The molecule has 2 heterocycles. The minimum atomic E-state index is -0.852. The Morgan fingerprint density at radius 1 is 1.00 bits per heavy atom. The third kappa shape index (κ3) is 2.94. The molecule has 1 unspecified atom stereocenters. The SMILES string of the molecule is CC(C[Si](C)(C)C)B1C2CCCC1CCC2. The zero-order chi connectivity index (χ0) is 11.8. The third-order valence-electron chi connectivity index (χ3n) is 4.98. The van der Waals surface area contributed by atoms with Gasteiger partial charge in [0.05, 0.1) is 0 Å². The van der Waals surface area contributed by atoms with Gasteiger partial charge in [-0.3, -0.25) is 0 Å². The van der Waals surface area contributed by atoms with Crippen molar-refractivity contribution < 1.29 is 0 Å². The molecule has 92 valence electrons. The van der Waals surface area contributed by atoms with Crippen molar-refractivity contribution in [2.45, 2.75) is 88.6 Å². The summed E-state index contributed by atoms with van der Waals surface area (Å²) in [6.07, 6.45) is 9.28. The van der Waals surface area contributed by atoms with E-state index in [1.54, 1.807) is 31.7 Å². The van der Waals surface area contributed by atoms with Crippen molar-refractivity contribution in [2.75, 3.05) is 0 Å². The smallest absolute Gasteiger partial charge is 0.0696 e. The van der Waals surface area contributed by atoms with Crippen LogP contribution in [0.5, 0.6) is 0 Å². The first kappa shape index (κ1) is 12.7. The van der Waals surface area contributed by atoms with E-state index in [1.165, 1.54) is 12.8 Å². The van der Waals surface area contributed by atoms with Crippen LogP contribution in [-0.2, 0) is 0 Å². The Labute approximate surface area is 104 Å². The fourth-order valence-electron chi connectivity index (χ4n) is 4.76. The lowest BCUT2D eigenvalue weighted by molar-refractivity contribution is 0.436. The fourth-order valence-corrected chi connectivity index (χ4v) is 6.96. The van der Waals surface area contributed by atoms with E-state index in [0.29, 0.717) is 0 Å². The molecule has 2 rings (SSSR count). The average molecular weight is 236 g/mol. The van der Waals surface area contributed by atoms with Gasteiger partial charge in [0.15, 0.2) is 0 Å². The lowest BCUT2D eigenvalue weighted by Crippen LogP contribution is -2.39. The van der Waals surface area contributed by atoms with Gasteiger partial charge in [-0.1, -0.05) is 88.6 Å². The second kappa shape index (κ2) is 4.88. The molecule has 2 aliphatic rings. The minimum Gasteiger partial charge on any atom is -0.0696 e. The van der Waals surface area contributed by atoms with E-state index < -0.39 is 8.07 Å². The van der Waals surface area contributed by atoms with Crippen molar-refractivity contribution in [2.24, 2.45) is 0 Å². The Bertz CT molecular complexity index is 211. The largest absolute Gasteiger partial charge is 0.149 e. The Balaban J connectivity index is 2.01. The summed E-state index contributed by atoms with van der Waals surface area (Å²) >= 11 is 0. The molecule has 2 saturated heterocycles. The zero-order valence-corrected chi connectivity index (χ0v) is 12.8. The van der Waals surface area contributed by atoms with Crippen LogP contribution in [-0.4, -0.2) is 14.8 Å². The van der Waals surface area contributed by atoms with Gasteiger partial charge in [0.25, 0.3) is 0 Å². The lowest BCUT2D eigenvalue weighted by Gasteiger charge is -2.44. The predicted molar refractivity (Wildman–Crippen MR) is 78.5 cm³/mol. The second-order valence-electron chi connectivity index (χ2n) is 7.70. The molecule has 0 radical (unpaired) electrons. The third-order valence-corrected chi connectivity index (χ3v) is 6.85. The van der Waals surface area contributed by atoms with Gasteiger partial charge < -0.3 is 0 Å². The predicted octanol–water partition coefficient (Wildman–Crippen LogP) is 5.32. The van der Waals surface area contributed by atoms with Crippen LogP contribution in [0.2, 0.25) is 43.1 Å². The highest BCUT2D eigenvalue weighted by molar-refractivity contribution is 6.78. The molecule has 2 heteroatoms. The molecule has 0 aromatic heterocycles. The van der Waals surface area contributed by atoms with E-state index in [0.717, 1.165) is 24.2 Å². The van der Waals surface area contributed by atoms with E-state index >= 15 is 0 Å². The van der Waals surface area contributed by atoms with Crippen molar-refractivity contribution in [1.82, 2.24) is 0 Å². The topological polar surface area (TPSA) is 0 Å². The summed E-state index contributed by atoms with van der Waals surface area (Å²) in [6.45, 7) is 11.3. The van der Waals surface area contributed by atoms with Gasteiger partial charge in [0.1, 0.15) is 6.71 Å². The van der Waals surface area contributed by atoms with Gasteiger partial charge >= 0.3 is 0 Å². The molecule has 0 aromatic rings. The monoisotopic (exact) mass is 236 g/mol. The number of hydrogen-bond acceptors (Lipinski definition) is 0. The maximum Gasteiger partial charge on any atom is 0.149 e. The van der Waals surface area contributed by atoms with Crippen LogP contribution in [0, 0.1) is 0 Å². The molecule has 2 bridgehead atoms. The summed E-state index contributed by atoms with van der Waals surface area (Å²) < 4.78 is 0. The molecule has 2 aliphatic heterocycles. The summed E-state index contributed by atoms with van der Waals surface area (Å²) in [6, 6.07) is 1.56. The summed E-state index contributed by atoms with van der Waals surface area (Å²) in [5.41, 5.74) is 0. The molecular formula is C14H29BSi. The molecule has 2 fully saturated rings. The lowest BCUT2D eigenvalue weighted by atomic mass is 9.23. The van der Waals surface area contributed by atoms with Crippen LogP contribution in [0.25, 0.3) is 0 Å². The van der Waals surface area contributed by atoms with E-state index in [9.17, 15) is 0 Å². The van der Waals surface area contributed by atoms with Crippen molar-refractivity contribution in [3.63, 3.8) is 0 Å². The average Bonchev–Trinajstić information content (AvgIpc) is 2.13. The van der Waals surface area contributed by atoms with Crippen molar-refractivity contribution in [3.8, 4) is 0 Å². The highest BCUT2D eigenvalue weighted by Crippen LogP contribution is 2.51. The summed E-state index contributed by atoms with van der Waals surface area (Å²) in [5.74, 6) is 3.24. The van der Waals surface area contributed by atoms with Crippen molar-refractivity contribution in [1.29, 1.82) is 0 Å². The fraction of sp³-hybridized carbons (Fsp3) is 1.00. The molecule has 0 spiro atoms. The quantitative estimate of drug-likeness (QED) is 0.582. The van der Waals surface area contributed by atoms with Gasteiger partial charge in [-0.15, -0.1) is 0 Å². The Morgan fingerprint density at radius 2 is 1.44 bits per heavy atom. The number of rotatable bonds is 3. The molecule has 16 heavy (non-hydrogen) atoms. The Kier molecular flexibility index (Phi) is 3.88. The summed E-state index contributed by atoms with van der Waals surface area (Å²) in [4.78, 5) is 0. The van der Waals surface area contributed by atoms with E-state index in [1.807, 2.05) is 0 Å². The first-order chi connectivity index (χ1) is 7.47. The van der Waals surface area contributed by atoms with E-state index in [-0.39, 0.29) is 0 Å². The van der Waals surface area contributed by atoms with Crippen LogP contribution in [0.15, 0.2) is 0 Å². The Morgan fingerprint density at radius 3 is 1.81 bits per heavy atom. The van der Waals surface area contributed by atoms with Crippen LogP contribution in [0.4, 0.5) is 0 Å². The first-order valence-corrected chi connectivity index (χ1v) is 11.2. The molecule has 0 aromatic carbocycles. The molecule has 0 N–H and O–H groups in total. The molecule has 0 amide bonds. The first-order valence-electron chi connectivity index (χ1n) is 7.47. The maximum absolute atomic E-state index is 2.57. The highest BCUT2D eigenvalue weighted by Gasteiger charge is 2.42. The van der Waals surface area contributed by atoms with Gasteiger partial charge in [0, 0.05) is 8.07 Å². The number of hydrogen-bond donors (Lipinski definition) is 0. The van der Waals surface area contributed by atoms with Gasteiger partial charge in [0.2, 0.25) is 0 Å². The van der Waals surface area contributed by atoms with E-state index in [2.05, 4.69) is 26.6 Å². The number of fused-ring (bicyclic) bond motifs is 2. The summed E-state index contributed by atoms with van der Waals surface area (Å²) in [7, 11) is -0.852. The molecule has 0 saturated carbocycles. The van der Waals surface area contributed by atoms with Crippen molar-refractivity contribution >= 4 is 14.8 Å². The van der Waals surface area contributed by atoms with Crippen LogP contribution >= 0.6 is 0 Å². The summed E-state index contributed by atoms with van der Waals surface area (Å²) in [5, 5.41) is 0. The van der Waals surface area contributed by atoms with Gasteiger partial charge in [-0.25, -0.2) is 0 Å². The molecular weight excluding hydrogens is 207 g/mol. The maximum atomic E-state index is 2.57. The highest BCUT2D eigenvalue weighted by atomic mass is 28.3. The van der Waals surface area contributed by atoms with Gasteiger partial charge in [-0.05, 0) is 0 Å². The zero-order valence-electron chi connectivity index (χ0n) is 11.8. The standard InChI is InChI=1S/C14H29BSi/c1-12(11-16(2,3)4)15-13-7-5-8-14(15)10-6-9-13/h12-14H,5-11H2,1-4H3. The second-order valence-corrected chi connectivity index (χ2v) is 13.2. The molecule has 0 nitrogen and oxygen atoms in total. The minimum absolute atomic E-state index is 0.852. The molecule has 0 aliphatic carbocycles. The normalized spacial score (nSPS) is 32.6. The van der Waals surface area contributed by atoms with Gasteiger partial charge in [-0.2, -0.15) is 0 Å². The van der Waals surface area contributed by atoms with Crippen LogP contribution < -0.4 is 0 Å². The van der Waals surface area contributed by atoms with Crippen molar-refractivity contribution in [3.05, 3.63) is 0 Å². The van der Waals surface area contributed by atoms with E-state index in [4.69, 9.17) is 0 Å². The van der Waals surface area contributed by atoms with Crippen LogP contribution in [0.3, 0.4) is 0 Å².